The van der Waals surface area contributed by atoms with Gasteiger partial charge >= 0.3 is 29.8 Å². The third-order valence-corrected chi connectivity index (χ3v) is 14.6. The first-order chi connectivity index (χ1) is 45.9. The molecule has 1 fully saturated rings. The summed E-state index contributed by atoms with van der Waals surface area (Å²) in [4.78, 5) is 266. The Hall–Kier alpha value is -11.8. The fourth-order valence-corrected chi connectivity index (χ4v) is 9.20. The van der Waals surface area contributed by atoms with Crippen molar-refractivity contribution < 1.29 is 121 Å². The van der Waals surface area contributed by atoms with E-state index in [1.807, 2.05) is 26.6 Å². The molecular weight excluding hydrogens is 1310 g/mol. The molecule has 536 valence electrons. The Kier molecular flexibility index (Phi) is 31.6. The van der Waals surface area contributed by atoms with Crippen LogP contribution in [0.1, 0.15) is 91.5 Å². The Balaban J connectivity index is 2.15. The molecule has 22 N–H and O–H groups in total. The normalized spacial score (nSPS) is 22.8. The van der Waals surface area contributed by atoms with Gasteiger partial charge in [0.15, 0.2) is 0 Å². The summed E-state index contributed by atoms with van der Waals surface area (Å²) in [6.45, 7) is 3.48. The number of fused-ring (bicyclic) bond motifs is 1. The van der Waals surface area contributed by atoms with E-state index in [1.54, 1.807) is 30.5 Å². The van der Waals surface area contributed by atoms with Crippen LogP contribution in [-0.4, -0.2) is 230 Å². The number of amides is 15. The number of rotatable bonds is 25. The lowest BCUT2D eigenvalue weighted by molar-refractivity contribution is -0.157. The first-order valence-electron chi connectivity index (χ1n) is 29.9. The van der Waals surface area contributed by atoms with E-state index in [0.717, 1.165) is 20.8 Å². The molecule has 41 heteroatoms. The highest BCUT2D eigenvalue weighted by atomic mass is 16.5. The van der Waals surface area contributed by atoms with Gasteiger partial charge in [0.05, 0.1) is 45.2 Å². The number of carboxylic acid groups (broad SMARTS) is 4. The maximum atomic E-state index is 14.3. The van der Waals surface area contributed by atoms with Gasteiger partial charge in [0.2, 0.25) is 89.1 Å². The van der Waals surface area contributed by atoms with Crippen LogP contribution in [0, 0.1) is 5.92 Å². The number of aliphatic carboxylic acids is 4. The molecule has 3 rings (SSSR count). The van der Waals surface area contributed by atoms with E-state index in [4.69, 9.17) is 16.2 Å². The summed E-state index contributed by atoms with van der Waals surface area (Å²) in [6, 6.07) is -14.6. The van der Waals surface area contributed by atoms with Crippen LogP contribution in [0.5, 0.6) is 0 Å². The van der Waals surface area contributed by atoms with Gasteiger partial charge in [-0.25, -0.2) is 4.79 Å². The van der Waals surface area contributed by atoms with E-state index in [2.05, 4.69) is 47.5 Å². The topological polar surface area (TPSA) is 656 Å². The van der Waals surface area contributed by atoms with Crippen LogP contribution in [0.3, 0.4) is 0 Å². The van der Waals surface area contributed by atoms with E-state index >= 15 is 0 Å². The van der Waals surface area contributed by atoms with Crippen molar-refractivity contribution in [2.45, 2.75) is 165 Å². The van der Waals surface area contributed by atoms with E-state index in [-0.39, 0.29) is 19.3 Å². The lowest BCUT2D eigenvalue weighted by Crippen LogP contribution is -2.61. The first-order valence-corrected chi connectivity index (χ1v) is 29.9. The molecule has 0 radical (unpaired) electrons. The van der Waals surface area contributed by atoms with Crippen LogP contribution < -0.4 is 80.6 Å². The zero-order valence-corrected chi connectivity index (χ0v) is 53.3. The van der Waals surface area contributed by atoms with Crippen molar-refractivity contribution >= 4 is 130 Å². The lowest BCUT2D eigenvalue weighted by Gasteiger charge is -2.30. The molecule has 1 aliphatic rings. The molecule has 1 aromatic carbocycles. The van der Waals surface area contributed by atoms with E-state index in [1.165, 1.54) is 13.8 Å². The maximum absolute atomic E-state index is 14.3. The number of nitrogens with two attached hydrogens (primary N) is 2. The number of aromatic nitrogens is 1. The van der Waals surface area contributed by atoms with Gasteiger partial charge in [0.25, 0.3) is 0 Å². The van der Waals surface area contributed by atoms with Gasteiger partial charge in [-0.05, 0) is 44.7 Å². The number of aromatic amines is 1. The average Bonchev–Trinajstić information content (AvgIpc) is 1.31. The number of hydrogen-bond acceptors (Lipinski definition) is 21. The number of para-hydroxylation sites is 1. The van der Waals surface area contributed by atoms with Crippen molar-refractivity contribution in [3.05, 3.63) is 36.0 Å². The molecule has 1 aliphatic heterocycles. The van der Waals surface area contributed by atoms with Gasteiger partial charge in [-0.1, -0.05) is 38.5 Å². The van der Waals surface area contributed by atoms with Crippen LogP contribution in [0.2, 0.25) is 0 Å². The SMILES string of the molecule is CCC(C)C1NC(=O)C(CCC(=O)O)NC(=O)C(CC(N)=O)NC(=O)CNC(=O)C(CC(=O)O)NC(=O)C(C)NC(=O)C(CC(=O)O)NC(=O)C(C)NC(=O)CNC(=O)C(NC(=O)C(CC(=O)O)NC(=O)C(CC(N)=O)NC(=O)C(Cc2c[nH]c3ccccc23)NC=O)C(C)OC1=O. The first kappa shape index (κ1) is 80.4. The average molecular weight is 1390 g/mol. The number of esters is 1. The predicted molar refractivity (Wildman–Crippen MR) is 328 cm³/mol. The van der Waals surface area contributed by atoms with Gasteiger partial charge in [0, 0.05) is 29.9 Å². The van der Waals surface area contributed by atoms with Gasteiger partial charge in [-0.3, -0.25) is 91.1 Å². The number of primary amides is 2. The predicted octanol–water partition coefficient (Wildman–Crippen LogP) is -9.02. The fraction of sp³-hybridized carbons (Fsp3) is 0.509. The second kappa shape index (κ2) is 38.5. The molecule has 1 aromatic heterocycles. The molecule has 41 nitrogen and oxygen atoms in total. The summed E-state index contributed by atoms with van der Waals surface area (Å²) in [6.07, 6.45) is -7.92. The zero-order chi connectivity index (χ0) is 73.8. The number of carbonyl (C=O) groups excluding carboxylic acids is 16. The van der Waals surface area contributed by atoms with Crippen LogP contribution >= 0.6 is 0 Å². The minimum Gasteiger partial charge on any atom is -0.481 e. The third-order valence-electron chi connectivity index (χ3n) is 14.6. The molecular formula is C57H78N16O25. The van der Waals surface area contributed by atoms with Crippen molar-refractivity contribution in [1.29, 1.82) is 0 Å². The van der Waals surface area contributed by atoms with Crippen LogP contribution in [-0.2, 0) is 107 Å². The second-order valence-corrected chi connectivity index (χ2v) is 22.3. The van der Waals surface area contributed by atoms with Crippen molar-refractivity contribution in [3.8, 4) is 0 Å². The number of ether oxygens (including phenoxy) is 1. The Labute approximate surface area is 555 Å². The maximum Gasteiger partial charge on any atom is 0.329 e. The molecule has 0 aliphatic carbocycles. The number of carbonyl (C=O) groups is 20. The quantitative estimate of drug-likeness (QED) is 0.0324. The number of nitrogens with one attached hydrogen (secondary N) is 14. The Morgan fingerprint density at radius 3 is 1.64 bits per heavy atom. The molecule has 2 heterocycles. The molecule has 0 bridgehead atoms. The summed E-state index contributed by atoms with van der Waals surface area (Å²) in [7, 11) is 0. The molecule has 1 saturated heterocycles. The highest BCUT2D eigenvalue weighted by Crippen LogP contribution is 2.20. The number of hydrogen-bond donors (Lipinski definition) is 20. The number of H-pyrrole nitrogens is 1. The number of carboxylic acids is 4. The van der Waals surface area contributed by atoms with E-state index in [0.29, 0.717) is 16.5 Å². The molecule has 0 saturated carbocycles. The van der Waals surface area contributed by atoms with E-state index in [9.17, 15) is 116 Å². The molecule has 13 atom stereocenters. The van der Waals surface area contributed by atoms with Crippen LogP contribution in [0.15, 0.2) is 30.5 Å². The zero-order valence-electron chi connectivity index (χ0n) is 53.3. The summed E-state index contributed by atoms with van der Waals surface area (Å²) in [5, 5.41) is 66.8. The monoisotopic (exact) mass is 1390 g/mol. The Bertz CT molecular complexity index is 3400. The standard InChI is InChI=1S/C57H78N16O25/c1-6-23(2)45-57(97)98-26(5)46(73-55(95)36(18-44(85)86)71-54(94)33(15-38(59)76)70-51(91)31(63-22-74)13-27-19-60-29-10-8-7-9-28(27)29)56(96)62-20-39(77)64-24(3)47(87)69-35(17-43(83)84)52(92)65-25(4)48(88)68-34(16-42(81)82)49(89)61-21-40(78)66-32(14-37(58)75)53(93)67-30(50(90)72-45)11-12-41(79)80/h7-10,19,22-26,30-36,45-46,60H,6,11-18,20-21H2,1-5H3,(H2,58,75)(H2,59,76)(H,61,89)(H,62,96)(H,63,74)(H,64,77)(H,65,92)(H,66,78)(H,67,93)(H,68,88)(H,69,87)(H,70,91)(H,71,94)(H,72,90)(H,73,95)(H,79,80)(H,81,82)(H,83,84)(H,85,86). The van der Waals surface area contributed by atoms with Crippen LogP contribution in [0.25, 0.3) is 10.9 Å². The van der Waals surface area contributed by atoms with Crippen molar-refractivity contribution in [2.75, 3.05) is 13.1 Å². The molecule has 15 amide bonds. The minimum absolute atomic E-state index is 0.00187. The Morgan fingerprint density at radius 1 is 0.582 bits per heavy atom. The third kappa shape index (κ3) is 26.5. The number of cyclic esters (lactones) is 1. The second-order valence-electron chi connectivity index (χ2n) is 22.3. The summed E-state index contributed by atoms with van der Waals surface area (Å²) >= 11 is 0. The highest BCUT2D eigenvalue weighted by Gasteiger charge is 2.40. The highest BCUT2D eigenvalue weighted by molar-refractivity contribution is 6.02. The largest absolute Gasteiger partial charge is 0.481 e. The lowest BCUT2D eigenvalue weighted by atomic mass is 9.98. The van der Waals surface area contributed by atoms with Gasteiger partial charge in [-0.15, -0.1) is 0 Å². The molecule has 0 spiro atoms. The van der Waals surface area contributed by atoms with Crippen LogP contribution in [0.4, 0.5) is 0 Å². The van der Waals surface area contributed by atoms with Crippen molar-refractivity contribution in [2.24, 2.45) is 17.4 Å². The molecule has 98 heavy (non-hydrogen) atoms. The minimum atomic E-state index is -2.30. The summed E-state index contributed by atoms with van der Waals surface area (Å²) in [5.41, 5.74) is 11.9. The molecule has 13 unspecified atom stereocenters. The molecule has 2 aromatic rings. The summed E-state index contributed by atoms with van der Waals surface area (Å²) in [5.74, 6) is -27.9. The van der Waals surface area contributed by atoms with Gasteiger partial charge < -0.3 is 111 Å². The number of benzene rings is 1. The van der Waals surface area contributed by atoms with E-state index < -0.39 is 249 Å². The van der Waals surface area contributed by atoms with Gasteiger partial charge in [-0.2, -0.15) is 0 Å². The van der Waals surface area contributed by atoms with Gasteiger partial charge in [0.1, 0.15) is 72.6 Å². The smallest absolute Gasteiger partial charge is 0.329 e. The Morgan fingerprint density at radius 2 is 1.09 bits per heavy atom. The fourth-order valence-electron chi connectivity index (χ4n) is 9.20. The van der Waals surface area contributed by atoms with Crippen molar-refractivity contribution in [1.82, 2.24) is 74.1 Å². The summed E-state index contributed by atoms with van der Waals surface area (Å²) < 4.78 is 5.62. The van der Waals surface area contributed by atoms with Crippen molar-refractivity contribution in [3.63, 3.8) is 0 Å².